The summed E-state index contributed by atoms with van der Waals surface area (Å²) in [4.78, 5) is 9.45. The Morgan fingerprint density at radius 1 is 2.00 bits per heavy atom. The van der Waals surface area contributed by atoms with Gasteiger partial charge in [0.25, 0.3) is 0 Å². The summed E-state index contributed by atoms with van der Waals surface area (Å²) in [6.45, 7) is 0. The largest absolute Gasteiger partial charge is 0.472 e. The Balaban J connectivity index is 2.83. The van der Waals surface area contributed by atoms with E-state index in [2.05, 4.69) is 16.9 Å². The lowest BCUT2D eigenvalue weighted by Gasteiger charge is -1.81. The van der Waals surface area contributed by atoms with Crippen LogP contribution in [0.2, 0.25) is 0 Å². The number of thiol groups is 1. The molecule has 0 heterocycles. The molecule has 0 rings (SSSR count). The molecule has 0 aromatic carbocycles. The molecule has 0 aliphatic heterocycles. The van der Waals surface area contributed by atoms with Crippen LogP contribution in [0.4, 0.5) is 4.79 Å². The fourth-order valence-electron chi connectivity index (χ4n) is 0.0390. The minimum Gasteiger partial charge on any atom is -0.472 e. The smallest absolute Gasteiger partial charge is 0.380 e. The van der Waals surface area contributed by atoms with Gasteiger partial charge in [-0.25, -0.2) is 8.92 Å². The van der Waals surface area contributed by atoms with Gasteiger partial charge in [-0.05, 0) is 0 Å². The Labute approximate surface area is 44.8 Å². The summed E-state index contributed by atoms with van der Waals surface area (Å²) in [7, 11) is 0. The summed E-state index contributed by atoms with van der Waals surface area (Å²) in [5.74, 6) is 0. The quantitative estimate of drug-likeness (QED) is 0.357. The Morgan fingerprint density at radius 2 is 2.50 bits per heavy atom. The average Bonchev–Trinajstić information content (AvgIpc) is 1.35. The third kappa shape index (κ3) is 4.13. The topological polar surface area (TPSA) is 49.3 Å². The van der Waals surface area contributed by atoms with E-state index in [0.29, 0.717) is 11.9 Å². The first kappa shape index (κ1) is 6.13. The lowest BCUT2D eigenvalue weighted by atomic mass is 11.6. The van der Waals surface area contributed by atoms with E-state index >= 15 is 0 Å². The lowest BCUT2D eigenvalue weighted by molar-refractivity contribution is 0.222. The maximum Gasteiger partial charge on any atom is 0.380 e. The molecule has 0 fully saturated rings. The number of carbonyl (C=O) groups is 1. The Morgan fingerprint density at radius 3 is 2.50 bits per heavy atom. The van der Waals surface area contributed by atoms with Crippen molar-refractivity contribution >= 4 is 30.1 Å². The molecule has 0 unspecified atom stereocenters. The van der Waals surface area contributed by atoms with Crippen molar-refractivity contribution in [3.63, 3.8) is 0 Å². The number of hydrogen-bond acceptors (Lipinski definition) is 4. The monoisotopic (exact) mass is 125 g/mol. The SMILES string of the molecule is O=C(O)SNS. The molecule has 0 saturated carbocycles. The summed E-state index contributed by atoms with van der Waals surface area (Å²) in [6.07, 6.45) is 0. The molecule has 5 heteroatoms. The van der Waals surface area contributed by atoms with Gasteiger partial charge in [0.1, 0.15) is 0 Å². The van der Waals surface area contributed by atoms with Gasteiger partial charge in [0.15, 0.2) is 0 Å². The first-order chi connectivity index (χ1) is 2.77. The van der Waals surface area contributed by atoms with E-state index in [4.69, 9.17) is 5.11 Å². The van der Waals surface area contributed by atoms with Crippen LogP contribution in [0.25, 0.3) is 0 Å². The molecule has 0 bridgehead atoms. The van der Waals surface area contributed by atoms with E-state index in [1.165, 1.54) is 0 Å². The maximum atomic E-state index is 9.45. The van der Waals surface area contributed by atoms with Gasteiger partial charge in [-0.2, -0.15) is 0 Å². The molecule has 0 atom stereocenters. The van der Waals surface area contributed by atoms with Crippen LogP contribution >= 0.6 is 24.8 Å². The van der Waals surface area contributed by atoms with Gasteiger partial charge in [0.05, 0.1) is 0 Å². The highest BCUT2D eigenvalue weighted by Gasteiger charge is 1.88. The third-order valence-corrected chi connectivity index (χ3v) is 0.673. The van der Waals surface area contributed by atoms with Crippen molar-refractivity contribution in [1.29, 1.82) is 0 Å². The highest BCUT2D eigenvalue weighted by Crippen LogP contribution is 1.92. The normalized spacial score (nSPS) is 8.17. The molecule has 0 amide bonds. The fourth-order valence-corrected chi connectivity index (χ4v) is 0.351. The standard InChI is InChI=1S/CH3NO2S2/c3-1(4)6-2-5/h2,5H,(H,3,4). The molecular weight excluding hydrogens is 122 g/mol. The molecule has 0 aliphatic rings. The minimum absolute atomic E-state index is 0.517. The number of nitrogens with one attached hydrogen (secondary N) is 1. The number of rotatable bonds is 1. The molecule has 0 radical (unpaired) electrons. The molecule has 0 aromatic rings. The van der Waals surface area contributed by atoms with E-state index in [1.54, 1.807) is 0 Å². The van der Waals surface area contributed by atoms with Crippen molar-refractivity contribution < 1.29 is 9.90 Å². The van der Waals surface area contributed by atoms with Gasteiger partial charge >= 0.3 is 5.30 Å². The highest BCUT2D eigenvalue weighted by molar-refractivity contribution is 8.17. The molecule has 2 N–H and O–H groups in total. The van der Waals surface area contributed by atoms with Crippen molar-refractivity contribution in [3.05, 3.63) is 0 Å². The van der Waals surface area contributed by atoms with Gasteiger partial charge in [-0.1, -0.05) is 12.8 Å². The third-order valence-electron chi connectivity index (χ3n) is 0.133. The second-order valence-electron chi connectivity index (χ2n) is 0.459. The van der Waals surface area contributed by atoms with Crippen LogP contribution in [0, 0.1) is 0 Å². The fraction of sp³-hybridized carbons (Fsp3) is 0. The van der Waals surface area contributed by atoms with Gasteiger partial charge < -0.3 is 5.11 Å². The van der Waals surface area contributed by atoms with Crippen LogP contribution in [0.3, 0.4) is 0 Å². The first-order valence-electron chi connectivity index (χ1n) is 1.06. The summed E-state index contributed by atoms with van der Waals surface area (Å²) < 4.78 is 2.08. The maximum absolute atomic E-state index is 9.45. The molecule has 3 nitrogen and oxygen atoms in total. The zero-order valence-corrected chi connectivity index (χ0v) is 4.42. The zero-order chi connectivity index (χ0) is 4.99. The molecule has 0 aromatic heterocycles. The highest BCUT2D eigenvalue weighted by atomic mass is 32.2. The van der Waals surface area contributed by atoms with Crippen LogP contribution < -0.4 is 4.13 Å². The van der Waals surface area contributed by atoms with Crippen LogP contribution in [-0.4, -0.2) is 10.4 Å². The molecule has 6 heavy (non-hydrogen) atoms. The van der Waals surface area contributed by atoms with E-state index in [0.717, 1.165) is 0 Å². The van der Waals surface area contributed by atoms with E-state index in [9.17, 15) is 4.79 Å². The molecule has 0 saturated heterocycles. The predicted molar refractivity (Wildman–Crippen MR) is 27.7 cm³/mol. The van der Waals surface area contributed by atoms with E-state index in [-0.39, 0.29) is 0 Å². The Bertz CT molecular complexity index is 55.5. The Hall–Kier alpha value is 0.130. The van der Waals surface area contributed by atoms with Crippen LogP contribution in [0.15, 0.2) is 0 Å². The molecule has 36 valence electrons. The predicted octanol–water partition coefficient (Wildman–Crippen LogP) is 0.747. The molecule has 0 aliphatic carbocycles. The zero-order valence-electron chi connectivity index (χ0n) is 2.71. The van der Waals surface area contributed by atoms with Crippen LogP contribution in [-0.2, 0) is 0 Å². The van der Waals surface area contributed by atoms with E-state index < -0.39 is 5.30 Å². The van der Waals surface area contributed by atoms with Crippen LogP contribution in [0.1, 0.15) is 0 Å². The summed E-state index contributed by atoms with van der Waals surface area (Å²) in [6, 6.07) is 0. The van der Waals surface area contributed by atoms with Gasteiger partial charge in [0, 0.05) is 11.9 Å². The summed E-state index contributed by atoms with van der Waals surface area (Å²) in [5, 5.41) is 6.78. The molecular formula is CH3NO2S2. The minimum atomic E-state index is -0.981. The van der Waals surface area contributed by atoms with Gasteiger partial charge in [-0.3, -0.25) is 0 Å². The van der Waals surface area contributed by atoms with Crippen LogP contribution in [0.5, 0.6) is 0 Å². The van der Waals surface area contributed by atoms with E-state index in [1.807, 2.05) is 0 Å². The second kappa shape index (κ2) is 3.32. The molecule has 0 spiro atoms. The van der Waals surface area contributed by atoms with Crippen molar-refractivity contribution in [3.8, 4) is 0 Å². The van der Waals surface area contributed by atoms with Crippen molar-refractivity contribution in [2.45, 2.75) is 0 Å². The summed E-state index contributed by atoms with van der Waals surface area (Å²) in [5.41, 5.74) is 0. The average molecular weight is 125 g/mol. The Kier molecular flexibility index (Phi) is 3.40. The summed E-state index contributed by atoms with van der Waals surface area (Å²) >= 11 is 3.91. The number of carboxylic acid groups (broad SMARTS) is 1. The van der Waals surface area contributed by atoms with Gasteiger partial charge in [0.2, 0.25) is 0 Å². The van der Waals surface area contributed by atoms with Crippen molar-refractivity contribution in [2.24, 2.45) is 0 Å². The lowest BCUT2D eigenvalue weighted by Crippen LogP contribution is -1.89. The van der Waals surface area contributed by atoms with Gasteiger partial charge in [-0.15, -0.1) is 0 Å². The van der Waals surface area contributed by atoms with Crippen molar-refractivity contribution in [2.75, 3.05) is 0 Å². The second-order valence-corrected chi connectivity index (χ2v) is 1.74. The van der Waals surface area contributed by atoms with Crippen molar-refractivity contribution in [1.82, 2.24) is 4.13 Å². The number of hydrogen-bond donors (Lipinski definition) is 3. The first-order valence-corrected chi connectivity index (χ1v) is 2.32.